The number of rotatable bonds is 7. The molecule has 0 aliphatic carbocycles. The molecule has 0 fully saturated rings. The summed E-state index contributed by atoms with van der Waals surface area (Å²) in [6, 6.07) is 11.3. The van der Waals surface area contributed by atoms with Crippen molar-refractivity contribution in [3.05, 3.63) is 53.6 Å². The van der Waals surface area contributed by atoms with E-state index in [4.69, 9.17) is 9.88 Å². The van der Waals surface area contributed by atoms with Gasteiger partial charge in [-0.05, 0) is 56.4 Å². The van der Waals surface area contributed by atoms with Crippen LogP contribution in [-0.2, 0) is 21.2 Å². The highest BCUT2D eigenvalue weighted by atomic mass is 32.2. The number of carbonyl (C=O) groups is 1. The molecule has 0 atom stereocenters. The Balaban J connectivity index is 2.27. The summed E-state index contributed by atoms with van der Waals surface area (Å²) in [7, 11) is 1.14. The summed E-state index contributed by atoms with van der Waals surface area (Å²) in [5.74, 6) is -0.151. The zero-order valence-corrected chi connectivity index (χ0v) is 15.7. The number of primary sulfonamides is 1. The largest absolute Gasteiger partial charge is 0.465 e. The van der Waals surface area contributed by atoms with Crippen molar-refractivity contribution in [1.82, 2.24) is 4.90 Å². The summed E-state index contributed by atoms with van der Waals surface area (Å²) in [5.41, 5.74) is 1.21. The number of ether oxygens (including phenoxy) is 2. The molecule has 2 N–H and O–H groups in total. The van der Waals surface area contributed by atoms with E-state index in [2.05, 4.69) is 9.64 Å². The number of hydrogen-bond donors (Lipinski definition) is 1. The number of benzene rings is 2. The van der Waals surface area contributed by atoms with Crippen LogP contribution in [0.5, 0.6) is 11.5 Å². The molecule has 140 valence electrons. The molecule has 26 heavy (non-hydrogen) atoms. The highest BCUT2D eigenvalue weighted by Gasteiger charge is 2.19. The standard InChI is InChI=1S/C18H22N2O5S/c1-20(2)11-10-13-4-7-15(8-5-13)25-16-9-6-14(18(21)24-3)12-17(16)26(19,22)23/h4-9,12H,10-11H2,1-3H3,(H2,19,22,23). The molecular formula is C18H22N2O5S. The van der Waals surface area contributed by atoms with Gasteiger partial charge in [0.15, 0.2) is 0 Å². The molecule has 8 heteroatoms. The second kappa shape index (κ2) is 8.31. The third kappa shape index (κ3) is 5.29. The molecule has 2 aromatic rings. The van der Waals surface area contributed by atoms with Crippen LogP contribution in [0.4, 0.5) is 0 Å². The van der Waals surface area contributed by atoms with Crippen LogP contribution in [0, 0.1) is 0 Å². The van der Waals surface area contributed by atoms with E-state index < -0.39 is 16.0 Å². The van der Waals surface area contributed by atoms with Gasteiger partial charge in [-0.15, -0.1) is 0 Å². The monoisotopic (exact) mass is 378 g/mol. The lowest BCUT2D eigenvalue weighted by atomic mass is 10.1. The third-order valence-corrected chi connectivity index (χ3v) is 4.60. The number of likely N-dealkylation sites (N-methyl/N-ethyl adjacent to an activating group) is 1. The molecular weight excluding hydrogens is 356 g/mol. The maximum Gasteiger partial charge on any atom is 0.337 e. The Kier molecular flexibility index (Phi) is 6.36. The molecule has 0 radical (unpaired) electrons. The van der Waals surface area contributed by atoms with Crippen molar-refractivity contribution in [2.24, 2.45) is 5.14 Å². The van der Waals surface area contributed by atoms with Crippen molar-refractivity contribution < 1.29 is 22.7 Å². The summed E-state index contributed by atoms with van der Waals surface area (Å²) in [6.45, 7) is 0.921. The van der Waals surface area contributed by atoms with Gasteiger partial charge in [0.25, 0.3) is 0 Å². The molecule has 0 aromatic heterocycles. The van der Waals surface area contributed by atoms with Crippen LogP contribution < -0.4 is 9.88 Å². The molecule has 7 nitrogen and oxygen atoms in total. The van der Waals surface area contributed by atoms with E-state index in [1.54, 1.807) is 12.1 Å². The Hall–Kier alpha value is -2.42. The van der Waals surface area contributed by atoms with Gasteiger partial charge in [-0.3, -0.25) is 0 Å². The van der Waals surface area contributed by atoms with E-state index in [-0.39, 0.29) is 16.2 Å². The summed E-state index contributed by atoms with van der Waals surface area (Å²) >= 11 is 0. The van der Waals surface area contributed by atoms with Gasteiger partial charge in [-0.1, -0.05) is 12.1 Å². The highest BCUT2D eigenvalue weighted by molar-refractivity contribution is 7.89. The summed E-state index contributed by atoms with van der Waals surface area (Å²) < 4.78 is 34.0. The fraction of sp³-hybridized carbons (Fsp3) is 0.278. The first-order chi connectivity index (χ1) is 12.2. The second-order valence-electron chi connectivity index (χ2n) is 6.00. The molecule has 0 bridgehead atoms. The SMILES string of the molecule is COC(=O)c1ccc(Oc2ccc(CCN(C)C)cc2)c(S(N)(=O)=O)c1. The Morgan fingerprint density at radius 2 is 1.77 bits per heavy atom. The van der Waals surface area contributed by atoms with E-state index in [1.807, 2.05) is 26.2 Å². The van der Waals surface area contributed by atoms with Crippen LogP contribution in [0.2, 0.25) is 0 Å². The fourth-order valence-corrected chi connectivity index (χ4v) is 2.94. The van der Waals surface area contributed by atoms with Gasteiger partial charge in [0.1, 0.15) is 16.4 Å². The molecule has 0 heterocycles. The zero-order chi connectivity index (χ0) is 19.3. The smallest absolute Gasteiger partial charge is 0.337 e. The molecule has 0 saturated heterocycles. The molecule has 0 amide bonds. The van der Waals surface area contributed by atoms with Crippen LogP contribution in [0.15, 0.2) is 47.4 Å². The Labute approximate surface area is 153 Å². The lowest BCUT2D eigenvalue weighted by Crippen LogP contribution is -2.15. The molecule has 2 aromatic carbocycles. The maximum absolute atomic E-state index is 11.9. The number of esters is 1. The van der Waals surface area contributed by atoms with Gasteiger partial charge < -0.3 is 14.4 Å². The van der Waals surface area contributed by atoms with Gasteiger partial charge >= 0.3 is 5.97 Å². The normalized spacial score (nSPS) is 11.4. The average molecular weight is 378 g/mol. The number of methoxy groups -OCH3 is 1. The molecule has 0 spiro atoms. The molecule has 0 unspecified atom stereocenters. The minimum Gasteiger partial charge on any atom is -0.465 e. The van der Waals surface area contributed by atoms with Gasteiger partial charge in [-0.25, -0.2) is 18.4 Å². The quantitative estimate of drug-likeness (QED) is 0.740. The van der Waals surface area contributed by atoms with Crippen molar-refractivity contribution in [2.75, 3.05) is 27.7 Å². The minimum absolute atomic E-state index is 0.0428. The number of carbonyl (C=O) groups excluding carboxylic acids is 1. The van der Waals surface area contributed by atoms with E-state index >= 15 is 0 Å². The van der Waals surface area contributed by atoms with E-state index in [0.717, 1.165) is 24.6 Å². The lowest BCUT2D eigenvalue weighted by molar-refractivity contribution is 0.0600. The average Bonchev–Trinajstić information content (AvgIpc) is 2.59. The van der Waals surface area contributed by atoms with Gasteiger partial charge in [0.05, 0.1) is 12.7 Å². The molecule has 0 aliphatic rings. The van der Waals surface area contributed by atoms with E-state index in [1.165, 1.54) is 19.2 Å². The van der Waals surface area contributed by atoms with Crippen molar-refractivity contribution in [1.29, 1.82) is 0 Å². The van der Waals surface area contributed by atoms with Crippen molar-refractivity contribution in [3.8, 4) is 11.5 Å². The van der Waals surface area contributed by atoms with Crippen LogP contribution in [0.1, 0.15) is 15.9 Å². The van der Waals surface area contributed by atoms with Gasteiger partial charge in [-0.2, -0.15) is 0 Å². The van der Waals surface area contributed by atoms with Crippen LogP contribution in [-0.4, -0.2) is 47.0 Å². The van der Waals surface area contributed by atoms with Crippen LogP contribution >= 0.6 is 0 Å². The Morgan fingerprint density at radius 3 is 2.31 bits per heavy atom. The molecule has 0 aliphatic heterocycles. The van der Waals surface area contributed by atoms with Gasteiger partial charge in [0, 0.05) is 6.54 Å². The Bertz CT molecular complexity index is 877. The van der Waals surface area contributed by atoms with E-state index in [9.17, 15) is 13.2 Å². The third-order valence-electron chi connectivity index (χ3n) is 3.67. The maximum atomic E-state index is 11.9. The number of hydrogen-bond acceptors (Lipinski definition) is 6. The summed E-state index contributed by atoms with van der Waals surface area (Å²) in [6.07, 6.45) is 0.892. The second-order valence-corrected chi connectivity index (χ2v) is 7.53. The minimum atomic E-state index is -4.08. The predicted octanol–water partition coefficient (Wildman–Crippen LogP) is 2.02. The lowest BCUT2D eigenvalue weighted by Gasteiger charge is -2.12. The van der Waals surface area contributed by atoms with Crippen LogP contribution in [0.3, 0.4) is 0 Å². The van der Waals surface area contributed by atoms with Crippen LogP contribution in [0.25, 0.3) is 0 Å². The summed E-state index contributed by atoms with van der Waals surface area (Å²) in [4.78, 5) is 13.4. The van der Waals surface area contributed by atoms with Crippen molar-refractivity contribution in [2.45, 2.75) is 11.3 Å². The van der Waals surface area contributed by atoms with Crippen molar-refractivity contribution in [3.63, 3.8) is 0 Å². The predicted molar refractivity (Wildman–Crippen MR) is 97.9 cm³/mol. The number of nitrogens with zero attached hydrogens (tertiary/aromatic N) is 1. The van der Waals surface area contributed by atoms with E-state index in [0.29, 0.717) is 5.75 Å². The highest BCUT2D eigenvalue weighted by Crippen LogP contribution is 2.29. The zero-order valence-electron chi connectivity index (χ0n) is 14.9. The molecule has 2 rings (SSSR count). The van der Waals surface area contributed by atoms with Gasteiger partial charge in [0.2, 0.25) is 10.0 Å². The fourth-order valence-electron chi connectivity index (χ4n) is 2.26. The first kappa shape index (κ1) is 19.9. The Morgan fingerprint density at radius 1 is 1.12 bits per heavy atom. The first-order valence-corrected chi connectivity index (χ1v) is 9.42. The first-order valence-electron chi connectivity index (χ1n) is 7.87. The van der Waals surface area contributed by atoms with Crippen molar-refractivity contribution >= 4 is 16.0 Å². The molecule has 0 saturated carbocycles. The summed E-state index contributed by atoms with van der Waals surface area (Å²) in [5, 5.41) is 5.25. The topological polar surface area (TPSA) is 98.9 Å². The number of sulfonamides is 1. The number of nitrogens with two attached hydrogens (primary N) is 1.